The van der Waals surface area contributed by atoms with Gasteiger partial charge in [-0.3, -0.25) is 14.5 Å². The molecule has 1 aliphatic carbocycles. The zero-order valence-electron chi connectivity index (χ0n) is 15.9. The van der Waals surface area contributed by atoms with Gasteiger partial charge < -0.3 is 20.9 Å². The monoisotopic (exact) mass is 385 g/mol. The van der Waals surface area contributed by atoms with Crippen molar-refractivity contribution < 1.29 is 14.4 Å². The van der Waals surface area contributed by atoms with Gasteiger partial charge in [0.1, 0.15) is 6.04 Å². The van der Waals surface area contributed by atoms with Crippen LogP contribution in [-0.4, -0.2) is 66.4 Å². The number of carbonyl (C=O) groups excluding carboxylic acids is 3. The quantitative estimate of drug-likeness (QED) is 0.734. The second-order valence-corrected chi connectivity index (χ2v) is 7.77. The molecule has 1 saturated carbocycles. The fourth-order valence-electron chi connectivity index (χ4n) is 4.27. The molecule has 28 heavy (non-hydrogen) atoms. The summed E-state index contributed by atoms with van der Waals surface area (Å²) in [4.78, 5) is 40.8. The van der Waals surface area contributed by atoms with Gasteiger partial charge >= 0.3 is 6.03 Å². The number of benzene rings is 1. The minimum absolute atomic E-state index is 0.0135. The zero-order chi connectivity index (χ0) is 19.5. The molecule has 1 atom stereocenters. The maximum absolute atomic E-state index is 12.7. The molecule has 3 N–H and O–H groups in total. The van der Waals surface area contributed by atoms with Crippen molar-refractivity contribution >= 4 is 29.2 Å². The molecule has 1 aromatic carbocycles. The number of hydrogen-bond donors (Lipinski definition) is 3. The third-order valence-corrected chi connectivity index (χ3v) is 5.89. The lowest BCUT2D eigenvalue weighted by atomic mass is 10.1. The second kappa shape index (κ2) is 8.18. The van der Waals surface area contributed by atoms with Gasteiger partial charge in [0.2, 0.25) is 11.8 Å². The lowest BCUT2D eigenvalue weighted by Crippen LogP contribution is -2.64. The van der Waals surface area contributed by atoms with E-state index >= 15 is 0 Å². The predicted molar refractivity (Wildman–Crippen MR) is 106 cm³/mol. The van der Waals surface area contributed by atoms with Gasteiger partial charge in [0, 0.05) is 50.0 Å². The summed E-state index contributed by atoms with van der Waals surface area (Å²) in [5.41, 5.74) is 1.32. The Morgan fingerprint density at radius 3 is 2.57 bits per heavy atom. The lowest BCUT2D eigenvalue weighted by molar-refractivity contribution is -0.131. The van der Waals surface area contributed by atoms with Gasteiger partial charge in [0.15, 0.2) is 0 Å². The molecule has 8 heteroatoms. The standard InChI is InChI=1S/C20H27N5O3/c26-18(14-4-1-2-5-14)22-15-6-3-7-16(12-15)23-20(28)25-11-10-24-9-8-21-19(27)17(24)13-25/h3,6-7,12,14,17H,1-2,4-5,8-11,13H2,(H,21,27)(H,22,26)(H,23,28)/t17-/m1/s1. The summed E-state index contributed by atoms with van der Waals surface area (Å²) >= 11 is 0. The molecule has 150 valence electrons. The van der Waals surface area contributed by atoms with E-state index in [2.05, 4.69) is 20.9 Å². The van der Waals surface area contributed by atoms with Gasteiger partial charge in [-0.15, -0.1) is 0 Å². The van der Waals surface area contributed by atoms with Gasteiger partial charge in [0.25, 0.3) is 0 Å². The van der Waals surface area contributed by atoms with E-state index in [9.17, 15) is 14.4 Å². The Labute approximate surface area is 164 Å². The zero-order valence-corrected chi connectivity index (χ0v) is 15.9. The summed E-state index contributed by atoms with van der Waals surface area (Å²) in [6.07, 6.45) is 4.12. The number of rotatable bonds is 3. The maximum atomic E-state index is 12.7. The Kier molecular flexibility index (Phi) is 5.47. The van der Waals surface area contributed by atoms with Crippen molar-refractivity contribution in [2.75, 3.05) is 43.4 Å². The first-order valence-electron chi connectivity index (χ1n) is 10.1. The summed E-state index contributed by atoms with van der Waals surface area (Å²) in [7, 11) is 0. The highest BCUT2D eigenvalue weighted by Crippen LogP contribution is 2.26. The average molecular weight is 385 g/mol. The van der Waals surface area contributed by atoms with Crippen LogP contribution < -0.4 is 16.0 Å². The number of piperazine rings is 2. The number of nitrogens with one attached hydrogen (secondary N) is 3. The van der Waals surface area contributed by atoms with Crippen LogP contribution in [0.5, 0.6) is 0 Å². The summed E-state index contributed by atoms with van der Waals surface area (Å²) in [6, 6.07) is 6.71. The molecule has 2 heterocycles. The molecule has 2 saturated heterocycles. The fourth-order valence-corrected chi connectivity index (χ4v) is 4.27. The van der Waals surface area contributed by atoms with E-state index in [0.29, 0.717) is 37.6 Å². The molecular weight excluding hydrogens is 358 g/mol. The van der Waals surface area contributed by atoms with Crippen molar-refractivity contribution in [3.63, 3.8) is 0 Å². The summed E-state index contributed by atoms with van der Waals surface area (Å²) < 4.78 is 0. The van der Waals surface area contributed by atoms with Crippen LogP contribution in [0.1, 0.15) is 25.7 Å². The Morgan fingerprint density at radius 2 is 1.79 bits per heavy atom. The molecule has 0 bridgehead atoms. The molecule has 3 aliphatic rings. The summed E-state index contributed by atoms with van der Waals surface area (Å²) in [5, 5.41) is 8.71. The third-order valence-electron chi connectivity index (χ3n) is 5.89. The van der Waals surface area contributed by atoms with Crippen molar-refractivity contribution in [3.05, 3.63) is 24.3 Å². The lowest BCUT2D eigenvalue weighted by Gasteiger charge is -2.42. The minimum Gasteiger partial charge on any atom is -0.353 e. The maximum Gasteiger partial charge on any atom is 0.321 e. The number of urea groups is 1. The number of fused-ring (bicyclic) bond motifs is 1. The number of anilines is 2. The molecule has 0 radical (unpaired) electrons. The molecular formula is C20H27N5O3. The number of carbonyl (C=O) groups is 3. The van der Waals surface area contributed by atoms with E-state index in [0.717, 1.165) is 32.2 Å². The van der Waals surface area contributed by atoms with Gasteiger partial charge in [-0.05, 0) is 31.0 Å². The predicted octanol–water partition coefficient (Wildman–Crippen LogP) is 1.46. The third kappa shape index (κ3) is 4.11. The summed E-state index contributed by atoms with van der Waals surface area (Å²) in [6.45, 7) is 3.17. The first-order valence-corrected chi connectivity index (χ1v) is 10.1. The van der Waals surface area contributed by atoms with E-state index < -0.39 is 0 Å². The molecule has 3 fully saturated rings. The van der Waals surface area contributed by atoms with Crippen molar-refractivity contribution in [1.29, 1.82) is 0 Å². The van der Waals surface area contributed by atoms with Crippen LogP contribution in [0.3, 0.4) is 0 Å². The number of amides is 4. The molecule has 8 nitrogen and oxygen atoms in total. The second-order valence-electron chi connectivity index (χ2n) is 7.77. The van der Waals surface area contributed by atoms with E-state index in [1.165, 1.54) is 0 Å². The highest BCUT2D eigenvalue weighted by molar-refractivity contribution is 5.95. The topological polar surface area (TPSA) is 93.8 Å². The van der Waals surface area contributed by atoms with E-state index in [-0.39, 0.29) is 29.8 Å². The van der Waals surface area contributed by atoms with Crippen molar-refractivity contribution in [1.82, 2.24) is 15.1 Å². The molecule has 0 unspecified atom stereocenters. The van der Waals surface area contributed by atoms with Gasteiger partial charge in [-0.1, -0.05) is 18.9 Å². The van der Waals surface area contributed by atoms with Gasteiger partial charge in [-0.2, -0.15) is 0 Å². The summed E-state index contributed by atoms with van der Waals surface area (Å²) in [5.74, 6) is 0.136. The van der Waals surface area contributed by atoms with Crippen molar-refractivity contribution in [2.45, 2.75) is 31.7 Å². The van der Waals surface area contributed by atoms with Crippen molar-refractivity contribution in [3.8, 4) is 0 Å². The van der Waals surface area contributed by atoms with E-state index in [1.807, 2.05) is 12.1 Å². The first kappa shape index (κ1) is 18.7. The van der Waals surface area contributed by atoms with Crippen molar-refractivity contribution in [2.24, 2.45) is 5.92 Å². The van der Waals surface area contributed by atoms with Crippen LogP contribution in [0, 0.1) is 5.92 Å². The Bertz CT molecular complexity index is 762. The van der Waals surface area contributed by atoms with Crippen LogP contribution in [0.4, 0.5) is 16.2 Å². The van der Waals surface area contributed by atoms with E-state index in [4.69, 9.17) is 0 Å². The molecule has 0 aromatic heterocycles. The largest absolute Gasteiger partial charge is 0.353 e. The minimum atomic E-state index is -0.273. The fraction of sp³-hybridized carbons (Fsp3) is 0.550. The molecule has 4 amide bonds. The smallest absolute Gasteiger partial charge is 0.321 e. The average Bonchev–Trinajstić information content (AvgIpc) is 3.23. The molecule has 1 aromatic rings. The van der Waals surface area contributed by atoms with Gasteiger partial charge in [0.05, 0.1) is 0 Å². The number of hydrogen-bond acceptors (Lipinski definition) is 4. The SMILES string of the molecule is O=C(Nc1cccc(NC(=O)N2CCN3CCNC(=O)[C@H]3C2)c1)C1CCCC1. The Hall–Kier alpha value is -2.61. The van der Waals surface area contributed by atoms with Crippen LogP contribution in [-0.2, 0) is 9.59 Å². The van der Waals surface area contributed by atoms with Crippen LogP contribution >= 0.6 is 0 Å². The molecule has 0 spiro atoms. The molecule has 4 rings (SSSR count). The van der Waals surface area contributed by atoms with Crippen LogP contribution in [0.25, 0.3) is 0 Å². The normalized spacial score (nSPS) is 23.1. The number of nitrogens with zero attached hydrogens (tertiary/aromatic N) is 2. The molecule has 2 aliphatic heterocycles. The highest BCUT2D eigenvalue weighted by Gasteiger charge is 2.36. The van der Waals surface area contributed by atoms with Crippen LogP contribution in [0.15, 0.2) is 24.3 Å². The Morgan fingerprint density at radius 1 is 1.04 bits per heavy atom. The van der Waals surface area contributed by atoms with Crippen LogP contribution in [0.2, 0.25) is 0 Å². The first-order chi connectivity index (χ1) is 13.6. The highest BCUT2D eigenvalue weighted by atomic mass is 16.2. The van der Waals surface area contributed by atoms with Gasteiger partial charge in [-0.25, -0.2) is 4.79 Å². The Balaban J connectivity index is 1.35. The van der Waals surface area contributed by atoms with E-state index in [1.54, 1.807) is 17.0 Å².